The van der Waals surface area contributed by atoms with Crippen molar-refractivity contribution in [2.24, 2.45) is 5.92 Å². The average molecular weight is 566 g/mol. The van der Waals surface area contributed by atoms with Crippen molar-refractivity contribution in [2.45, 2.75) is 25.9 Å². The highest BCUT2D eigenvalue weighted by atomic mass is 79.9. The molecule has 194 valence electrons. The standard InChI is InChI=1S/C28H33BrN6O2/c1-34-12-9-30-27(36)20-6-10-35(11-7-20)17-19-13-23(29)16-24(14-19)32-28-31-8-5-25(33-28)21-3-4-26(37-2)22(15-21)18-34/h3-5,8,13-16,20H,6-7,9-12,17-18H2,1-2H3,(H,30,36)(H,31,32,33). The molecule has 4 heterocycles. The Morgan fingerprint density at radius 1 is 1.05 bits per heavy atom. The maximum absolute atomic E-state index is 12.8. The average Bonchev–Trinajstić information content (AvgIpc) is 2.88. The molecule has 3 aliphatic heterocycles. The molecule has 8 nitrogen and oxygen atoms in total. The van der Waals surface area contributed by atoms with Gasteiger partial charge in [-0.05, 0) is 81.0 Å². The fourth-order valence-corrected chi connectivity index (χ4v) is 5.62. The summed E-state index contributed by atoms with van der Waals surface area (Å²) in [5.74, 6) is 1.63. The molecule has 37 heavy (non-hydrogen) atoms. The molecule has 6 rings (SSSR count). The topological polar surface area (TPSA) is 82.6 Å². The molecule has 0 aliphatic carbocycles. The van der Waals surface area contributed by atoms with Gasteiger partial charge < -0.3 is 20.3 Å². The van der Waals surface area contributed by atoms with Crippen LogP contribution in [0.25, 0.3) is 11.3 Å². The molecule has 1 fully saturated rings. The number of fused-ring (bicyclic) bond motifs is 7. The van der Waals surface area contributed by atoms with E-state index in [1.807, 2.05) is 24.3 Å². The van der Waals surface area contributed by atoms with Gasteiger partial charge >= 0.3 is 0 Å². The molecule has 1 aromatic heterocycles. The number of amides is 1. The molecule has 1 saturated heterocycles. The molecule has 3 aliphatic rings. The number of halogens is 1. The number of nitrogens with one attached hydrogen (secondary N) is 2. The van der Waals surface area contributed by atoms with Crippen LogP contribution in [-0.4, -0.2) is 66.0 Å². The maximum Gasteiger partial charge on any atom is 0.227 e. The molecule has 0 unspecified atom stereocenters. The summed E-state index contributed by atoms with van der Waals surface area (Å²) in [6.45, 7) is 4.73. The van der Waals surface area contributed by atoms with Gasteiger partial charge in [-0.3, -0.25) is 9.69 Å². The Kier molecular flexibility index (Phi) is 8.02. The lowest BCUT2D eigenvalue weighted by atomic mass is 9.95. The van der Waals surface area contributed by atoms with Crippen molar-refractivity contribution in [1.29, 1.82) is 0 Å². The Balaban J connectivity index is 1.47. The van der Waals surface area contributed by atoms with Crippen LogP contribution in [0.15, 0.2) is 53.1 Å². The van der Waals surface area contributed by atoms with E-state index in [0.717, 1.165) is 71.8 Å². The lowest BCUT2D eigenvalue weighted by Crippen LogP contribution is -2.42. The van der Waals surface area contributed by atoms with Gasteiger partial charge in [0.1, 0.15) is 5.75 Å². The zero-order valence-corrected chi connectivity index (χ0v) is 22.9. The summed E-state index contributed by atoms with van der Waals surface area (Å²) in [5.41, 5.74) is 5.02. The normalized spacial score (nSPS) is 20.9. The van der Waals surface area contributed by atoms with Gasteiger partial charge in [-0.15, -0.1) is 0 Å². The highest BCUT2D eigenvalue weighted by Gasteiger charge is 2.25. The molecule has 0 spiro atoms. The van der Waals surface area contributed by atoms with E-state index in [0.29, 0.717) is 19.0 Å². The van der Waals surface area contributed by atoms with Gasteiger partial charge in [-0.2, -0.15) is 0 Å². The molecular weight excluding hydrogens is 532 g/mol. The Morgan fingerprint density at radius 2 is 1.89 bits per heavy atom. The summed E-state index contributed by atoms with van der Waals surface area (Å²) in [5, 5.41) is 6.54. The highest BCUT2D eigenvalue weighted by molar-refractivity contribution is 9.10. The second-order valence-corrected chi connectivity index (χ2v) is 10.8. The Bertz CT molecular complexity index is 1260. The summed E-state index contributed by atoms with van der Waals surface area (Å²) in [6.07, 6.45) is 3.54. The minimum Gasteiger partial charge on any atom is -0.496 e. The molecule has 0 saturated carbocycles. The maximum atomic E-state index is 12.8. The number of methoxy groups -OCH3 is 1. The Hall–Kier alpha value is -3.01. The molecule has 8 bridgehead atoms. The van der Waals surface area contributed by atoms with Crippen LogP contribution in [0.1, 0.15) is 24.0 Å². The number of piperidine rings is 1. The Morgan fingerprint density at radius 3 is 2.70 bits per heavy atom. The van der Waals surface area contributed by atoms with Crippen LogP contribution in [0.4, 0.5) is 11.6 Å². The van der Waals surface area contributed by atoms with Crippen molar-refractivity contribution in [2.75, 3.05) is 45.7 Å². The van der Waals surface area contributed by atoms with Crippen molar-refractivity contribution in [3.63, 3.8) is 0 Å². The van der Waals surface area contributed by atoms with Crippen molar-refractivity contribution < 1.29 is 9.53 Å². The van der Waals surface area contributed by atoms with Crippen LogP contribution in [-0.2, 0) is 17.9 Å². The van der Waals surface area contributed by atoms with E-state index >= 15 is 0 Å². The zero-order chi connectivity index (χ0) is 25.8. The van der Waals surface area contributed by atoms with Gasteiger partial charge in [-0.25, -0.2) is 9.97 Å². The molecule has 2 N–H and O–H groups in total. The smallest absolute Gasteiger partial charge is 0.227 e. The summed E-state index contributed by atoms with van der Waals surface area (Å²) in [4.78, 5) is 26.7. The van der Waals surface area contributed by atoms with Crippen molar-refractivity contribution in [3.05, 3.63) is 64.3 Å². The number of hydrogen-bond acceptors (Lipinski definition) is 7. The minimum absolute atomic E-state index is 0.0793. The summed E-state index contributed by atoms with van der Waals surface area (Å²) >= 11 is 3.66. The third kappa shape index (κ3) is 6.47. The lowest BCUT2D eigenvalue weighted by molar-refractivity contribution is -0.126. The molecule has 1 amide bonds. The summed E-state index contributed by atoms with van der Waals surface area (Å²) in [6, 6.07) is 14.4. The van der Waals surface area contributed by atoms with E-state index in [9.17, 15) is 4.79 Å². The van der Waals surface area contributed by atoms with Crippen molar-refractivity contribution in [3.8, 4) is 17.0 Å². The zero-order valence-electron chi connectivity index (χ0n) is 21.3. The molecule has 3 aromatic rings. The predicted molar refractivity (Wildman–Crippen MR) is 149 cm³/mol. The van der Waals surface area contributed by atoms with E-state index < -0.39 is 0 Å². The van der Waals surface area contributed by atoms with Crippen molar-refractivity contribution >= 4 is 33.5 Å². The number of aromatic nitrogens is 2. The molecule has 9 heteroatoms. The van der Waals surface area contributed by atoms with Crippen molar-refractivity contribution in [1.82, 2.24) is 25.1 Å². The number of carbonyl (C=O) groups is 1. The first-order valence-corrected chi connectivity index (χ1v) is 13.5. The Labute approximate surface area is 226 Å². The summed E-state index contributed by atoms with van der Waals surface area (Å²) in [7, 11) is 3.75. The van der Waals surface area contributed by atoms with E-state index in [1.165, 1.54) is 5.56 Å². The first-order chi connectivity index (χ1) is 18.0. The van der Waals surface area contributed by atoms with Gasteiger partial charge in [0, 0.05) is 59.6 Å². The third-order valence-electron chi connectivity index (χ3n) is 7.04. The first-order valence-electron chi connectivity index (χ1n) is 12.7. The lowest BCUT2D eigenvalue weighted by Gasteiger charge is -2.31. The number of likely N-dealkylation sites (N-methyl/N-ethyl adjacent to an activating group) is 1. The molecular formula is C28H33BrN6O2. The molecule has 0 radical (unpaired) electrons. The predicted octanol–water partition coefficient (Wildman–Crippen LogP) is 4.43. The second-order valence-electron chi connectivity index (χ2n) is 9.84. The van der Waals surface area contributed by atoms with Crippen LogP contribution in [0.2, 0.25) is 0 Å². The number of rotatable bonds is 1. The van der Waals surface area contributed by atoms with E-state index in [4.69, 9.17) is 9.72 Å². The van der Waals surface area contributed by atoms with Gasteiger partial charge in [0.25, 0.3) is 0 Å². The summed E-state index contributed by atoms with van der Waals surface area (Å²) < 4.78 is 6.64. The first kappa shape index (κ1) is 25.6. The third-order valence-corrected chi connectivity index (χ3v) is 7.50. The fraction of sp³-hybridized carbons (Fsp3) is 0.393. The van der Waals surface area contributed by atoms with E-state index in [1.54, 1.807) is 13.3 Å². The number of benzene rings is 2. The van der Waals surface area contributed by atoms with Crippen LogP contribution in [0.5, 0.6) is 5.75 Å². The number of ether oxygens (including phenoxy) is 1. The molecule has 2 aromatic carbocycles. The van der Waals surface area contributed by atoms with Crippen LogP contribution < -0.4 is 15.4 Å². The minimum atomic E-state index is 0.0793. The van der Waals surface area contributed by atoms with Crippen LogP contribution in [0, 0.1) is 5.92 Å². The number of hydrogen-bond donors (Lipinski definition) is 2. The van der Waals surface area contributed by atoms with Gasteiger partial charge in [0.05, 0.1) is 12.8 Å². The fourth-order valence-electron chi connectivity index (χ4n) is 5.08. The van der Waals surface area contributed by atoms with Gasteiger partial charge in [0.2, 0.25) is 11.9 Å². The number of nitrogens with zero attached hydrogens (tertiary/aromatic N) is 4. The molecule has 0 atom stereocenters. The monoisotopic (exact) mass is 564 g/mol. The van der Waals surface area contributed by atoms with E-state index in [2.05, 4.69) is 66.6 Å². The van der Waals surface area contributed by atoms with Crippen LogP contribution >= 0.6 is 15.9 Å². The van der Waals surface area contributed by atoms with E-state index in [-0.39, 0.29) is 11.8 Å². The van der Waals surface area contributed by atoms with Crippen LogP contribution in [0.3, 0.4) is 0 Å². The number of carbonyl (C=O) groups excluding carboxylic acids is 1. The van der Waals surface area contributed by atoms with Gasteiger partial charge in [0.15, 0.2) is 0 Å². The quantitative estimate of drug-likeness (QED) is 0.452. The van der Waals surface area contributed by atoms with Gasteiger partial charge in [-0.1, -0.05) is 15.9 Å². The highest BCUT2D eigenvalue weighted by Crippen LogP contribution is 2.29. The largest absolute Gasteiger partial charge is 0.496 e. The number of anilines is 2. The second kappa shape index (κ2) is 11.6. The SMILES string of the molecule is COc1ccc2cc1CN(C)CCNC(=O)C1CCN(CC1)Cc1cc(Br)cc(c1)Nc1nccc-2n1.